The predicted octanol–water partition coefficient (Wildman–Crippen LogP) is 3.72. The van der Waals surface area contributed by atoms with Crippen LogP contribution < -0.4 is 4.74 Å². The zero-order valence-electron chi connectivity index (χ0n) is 14.3. The first-order chi connectivity index (χ1) is 11.1. The summed E-state index contributed by atoms with van der Waals surface area (Å²) in [7, 11) is 0. The lowest BCUT2D eigenvalue weighted by atomic mass is 10.0. The summed E-state index contributed by atoms with van der Waals surface area (Å²) in [6, 6.07) is 8.32. The molecule has 2 unspecified atom stereocenters. The highest BCUT2D eigenvalue weighted by Gasteiger charge is 2.31. The van der Waals surface area contributed by atoms with Gasteiger partial charge in [-0.15, -0.1) is 0 Å². The van der Waals surface area contributed by atoms with E-state index in [1.54, 1.807) is 0 Å². The van der Waals surface area contributed by atoms with Crippen LogP contribution in [-0.2, 0) is 0 Å². The first kappa shape index (κ1) is 18.1. The Morgan fingerprint density at radius 2 is 2.13 bits per heavy atom. The molecule has 1 aliphatic rings. The van der Waals surface area contributed by atoms with Gasteiger partial charge in [0.05, 0.1) is 17.7 Å². The second-order valence-electron chi connectivity index (χ2n) is 5.85. The topological polar surface area (TPSA) is 39.5 Å². The molecule has 1 heterocycles. The Morgan fingerprint density at radius 3 is 2.70 bits per heavy atom. The molecule has 0 saturated carbocycles. The summed E-state index contributed by atoms with van der Waals surface area (Å²) in [6.45, 7) is 10.9. The summed E-state index contributed by atoms with van der Waals surface area (Å²) in [4.78, 5) is 4.77. The lowest BCUT2D eigenvalue weighted by Gasteiger charge is -2.43. The Balaban J connectivity index is 2.22. The minimum Gasteiger partial charge on any atom is -0.492 e. The molecular weight excluding hydrogens is 310 g/mol. The summed E-state index contributed by atoms with van der Waals surface area (Å²) in [5.74, 6) is 0.678. The van der Waals surface area contributed by atoms with Crippen LogP contribution in [0.5, 0.6) is 5.75 Å². The third-order valence-electron chi connectivity index (χ3n) is 4.56. The molecule has 2 atom stereocenters. The highest BCUT2D eigenvalue weighted by molar-refractivity contribution is 6.32. The van der Waals surface area contributed by atoms with Crippen LogP contribution in [0, 0.1) is 11.3 Å². The number of likely N-dealkylation sites (N-methyl/N-ethyl adjacent to an activating group) is 1. The number of hydrogen-bond donors (Lipinski definition) is 0. The normalized spacial score (nSPS) is 20.9. The number of hydrogen-bond acceptors (Lipinski definition) is 4. The molecule has 0 N–H and O–H groups in total. The van der Waals surface area contributed by atoms with Crippen LogP contribution in [0.4, 0.5) is 0 Å². The van der Waals surface area contributed by atoms with Gasteiger partial charge < -0.3 is 9.64 Å². The van der Waals surface area contributed by atoms with Crippen molar-refractivity contribution in [2.75, 3.05) is 32.8 Å². The van der Waals surface area contributed by atoms with Crippen LogP contribution in [0.3, 0.4) is 0 Å². The predicted molar refractivity (Wildman–Crippen MR) is 93.9 cm³/mol. The molecular formula is C18H26ClN3O. The SMILES string of the molecule is CCOc1ccc(C(C#N)N2CCN(CC)CC2CC)cc1Cl. The number of benzene rings is 1. The van der Waals surface area contributed by atoms with E-state index >= 15 is 0 Å². The standard InChI is InChI=1S/C18H26ClN3O/c1-4-15-13-21(5-2)9-10-22(15)17(12-20)14-7-8-18(23-6-3)16(19)11-14/h7-8,11,15,17H,4-6,9-10,13H2,1-3H3. The summed E-state index contributed by atoms with van der Waals surface area (Å²) >= 11 is 6.30. The van der Waals surface area contributed by atoms with Crippen molar-refractivity contribution in [3.63, 3.8) is 0 Å². The van der Waals surface area contributed by atoms with Crippen molar-refractivity contribution >= 4 is 11.6 Å². The van der Waals surface area contributed by atoms with E-state index in [2.05, 4.69) is 29.7 Å². The number of piperazine rings is 1. The van der Waals surface area contributed by atoms with Gasteiger partial charge in [0.2, 0.25) is 0 Å². The Labute approximate surface area is 144 Å². The van der Waals surface area contributed by atoms with Crippen LogP contribution in [0.1, 0.15) is 38.8 Å². The van der Waals surface area contributed by atoms with Gasteiger partial charge in [0.15, 0.2) is 0 Å². The highest BCUT2D eigenvalue weighted by Crippen LogP contribution is 2.32. The number of nitriles is 1. The largest absolute Gasteiger partial charge is 0.492 e. The van der Waals surface area contributed by atoms with Gasteiger partial charge in [-0.25, -0.2) is 0 Å². The zero-order valence-corrected chi connectivity index (χ0v) is 15.0. The van der Waals surface area contributed by atoms with Crippen LogP contribution in [-0.4, -0.2) is 48.6 Å². The summed E-state index contributed by atoms with van der Waals surface area (Å²) in [5.41, 5.74) is 0.948. The van der Waals surface area contributed by atoms with Gasteiger partial charge in [0.1, 0.15) is 11.8 Å². The molecule has 126 valence electrons. The first-order valence-corrected chi connectivity index (χ1v) is 8.82. The molecule has 1 aromatic carbocycles. The van der Waals surface area contributed by atoms with Crippen LogP contribution in [0.15, 0.2) is 18.2 Å². The molecule has 0 spiro atoms. The maximum atomic E-state index is 9.75. The fourth-order valence-electron chi connectivity index (χ4n) is 3.22. The van der Waals surface area contributed by atoms with Gasteiger partial charge in [0.25, 0.3) is 0 Å². The van der Waals surface area contributed by atoms with E-state index < -0.39 is 0 Å². The lowest BCUT2D eigenvalue weighted by molar-refractivity contribution is 0.0569. The Kier molecular flexibility index (Phi) is 6.71. The van der Waals surface area contributed by atoms with Gasteiger partial charge in [-0.1, -0.05) is 31.5 Å². The molecule has 0 bridgehead atoms. The van der Waals surface area contributed by atoms with Gasteiger partial charge in [-0.2, -0.15) is 5.26 Å². The fourth-order valence-corrected chi connectivity index (χ4v) is 3.47. The molecule has 2 rings (SSSR count). The van der Waals surface area contributed by atoms with Crippen molar-refractivity contribution in [1.82, 2.24) is 9.80 Å². The average molecular weight is 336 g/mol. The third kappa shape index (κ3) is 4.17. The molecule has 5 heteroatoms. The van der Waals surface area contributed by atoms with Crippen molar-refractivity contribution in [3.05, 3.63) is 28.8 Å². The Hall–Kier alpha value is -1.28. The van der Waals surface area contributed by atoms with Gasteiger partial charge in [-0.3, -0.25) is 4.90 Å². The quantitative estimate of drug-likeness (QED) is 0.794. The minimum atomic E-state index is -0.257. The lowest BCUT2D eigenvalue weighted by Crippen LogP contribution is -2.53. The Bertz CT molecular complexity index is 558. The van der Waals surface area contributed by atoms with Crippen molar-refractivity contribution < 1.29 is 4.74 Å². The van der Waals surface area contributed by atoms with Crippen molar-refractivity contribution in [2.24, 2.45) is 0 Å². The van der Waals surface area contributed by atoms with E-state index in [0.29, 0.717) is 23.4 Å². The maximum absolute atomic E-state index is 9.75. The monoisotopic (exact) mass is 335 g/mol. The molecule has 1 fully saturated rings. The van der Waals surface area contributed by atoms with Gasteiger partial charge >= 0.3 is 0 Å². The van der Waals surface area contributed by atoms with E-state index in [1.807, 2.05) is 25.1 Å². The number of rotatable bonds is 6. The molecule has 23 heavy (non-hydrogen) atoms. The minimum absolute atomic E-state index is 0.257. The van der Waals surface area contributed by atoms with Crippen LogP contribution in [0.2, 0.25) is 5.02 Å². The molecule has 0 amide bonds. The maximum Gasteiger partial charge on any atom is 0.137 e. The van der Waals surface area contributed by atoms with Crippen molar-refractivity contribution in [3.8, 4) is 11.8 Å². The number of ether oxygens (including phenoxy) is 1. The van der Waals surface area contributed by atoms with Crippen molar-refractivity contribution in [2.45, 2.75) is 39.3 Å². The Morgan fingerprint density at radius 1 is 1.35 bits per heavy atom. The van der Waals surface area contributed by atoms with E-state index in [0.717, 1.165) is 38.2 Å². The van der Waals surface area contributed by atoms with Crippen molar-refractivity contribution in [1.29, 1.82) is 5.26 Å². The molecule has 1 aliphatic heterocycles. The summed E-state index contributed by atoms with van der Waals surface area (Å²) in [6.07, 6.45) is 1.04. The van der Waals surface area contributed by atoms with Gasteiger partial charge in [-0.05, 0) is 37.6 Å². The zero-order chi connectivity index (χ0) is 16.8. The fraction of sp³-hybridized carbons (Fsp3) is 0.611. The average Bonchev–Trinajstić information content (AvgIpc) is 2.58. The summed E-state index contributed by atoms with van der Waals surface area (Å²) < 4.78 is 5.49. The smallest absolute Gasteiger partial charge is 0.137 e. The molecule has 1 saturated heterocycles. The molecule has 0 radical (unpaired) electrons. The van der Waals surface area contributed by atoms with E-state index in [-0.39, 0.29) is 6.04 Å². The van der Waals surface area contributed by atoms with E-state index in [4.69, 9.17) is 16.3 Å². The van der Waals surface area contributed by atoms with Crippen LogP contribution >= 0.6 is 11.6 Å². The second-order valence-corrected chi connectivity index (χ2v) is 6.25. The van der Waals surface area contributed by atoms with Gasteiger partial charge in [0, 0.05) is 25.7 Å². The van der Waals surface area contributed by atoms with E-state index in [9.17, 15) is 5.26 Å². The number of nitrogens with zero attached hydrogens (tertiary/aromatic N) is 3. The van der Waals surface area contributed by atoms with E-state index in [1.165, 1.54) is 0 Å². The number of halogens is 1. The highest BCUT2D eigenvalue weighted by atomic mass is 35.5. The molecule has 1 aromatic rings. The van der Waals surface area contributed by atoms with Crippen LogP contribution in [0.25, 0.3) is 0 Å². The molecule has 4 nitrogen and oxygen atoms in total. The summed E-state index contributed by atoms with van der Waals surface area (Å²) in [5, 5.41) is 10.3. The first-order valence-electron chi connectivity index (χ1n) is 8.44. The molecule has 0 aromatic heterocycles. The second kappa shape index (κ2) is 8.54. The third-order valence-corrected chi connectivity index (χ3v) is 4.85. The molecule has 0 aliphatic carbocycles.